The number of nitrogens with zero attached hydrogens (tertiary/aromatic N) is 3. The van der Waals surface area contributed by atoms with Crippen molar-refractivity contribution in [3.63, 3.8) is 0 Å². The van der Waals surface area contributed by atoms with Crippen molar-refractivity contribution in [3.8, 4) is 11.5 Å². The highest BCUT2D eigenvalue weighted by Gasteiger charge is 2.19. The van der Waals surface area contributed by atoms with Gasteiger partial charge in [0.1, 0.15) is 23.3 Å². The lowest BCUT2D eigenvalue weighted by Crippen LogP contribution is -2.23. The largest absolute Gasteiger partial charge is 0.490 e. The molecule has 0 saturated carbocycles. The predicted octanol–water partition coefficient (Wildman–Crippen LogP) is 7.70. The lowest BCUT2D eigenvalue weighted by molar-refractivity contribution is 0.269. The molecule has 0 N–H and O–H groups in total. The highest BCUT2D eigenvalue weighted by Crippen LogP contribution is 2.42. The average molecular weight is 652 g/mol. The number of benzene rings is 3. The highest BCUT2D eigenvalue weighted by atomic mass is 79.9. The number of hydrogen-bond acceptors (Lipinski definition) is 5. The Morgan fingerprint density at radius 3 is 2.54 bits per heavy atom. The number of fused-ring (bicyclic) bond motifs is 1. The monoisotopic (exact) mass is 649 g/mol. The van der Waals surface area contributed by atoms with Crippen molar-refractivity contribution in [1.82, 2.24) is 9.66 Å². The van der Waals surface area contributed by atoms with Gasteiger partial charge in [-0.25, -0.2) is 9.37 Å². The van der Waals surface area contributed by atoms with Gasteiger partial charge in [-0.2, -0.15) is 9.78 Å². The summed E-state index contributed by atoms with van der Waals surface area (Å²) in [4.78, 5) is 18.0. The van der Waals surface area contributed by atoms with Crippen LogP contribution in [0.25, 0.3) is 10.9 Å². The molecule has 37 heavy (non-hydrogen) atoms. The molecule has 0 aliphatic carbocycles. The van der Waals surface area contributed by atoms with Gasteiger partial charge < -0.3 is 9.47 Å². The molecule has 0 bridgehead atoms. The zero-order chi connectivity index (χ0) is 26.7. The van der Waals surface area contributed by atoms with Crippen LogP contribution in [0.15, 0.2) is 67.4 Å². The van der Waals surface area contributed by atoms with Crippen molar-refractivity contribution < 1.29 is 13.9 Å². The maximum atomic E-state index is 13.3. The molecule has 1 aromatic heterocycles. The summed E-state index contributed by atoms with van der Waals surface area (Å²) in [7, 11) is 0. The number of halogens is 4. The van der Waals surface area contributed by atoms with Crippen LogP contribution in [-0.4, -0.2) is 22.5 Å². The maximum absolute atomic E-state index is 13.3. The number of rotatable bonds is 8. The number of ether oxygens (including phenoxy) is 2. The van der Waals surface area contributed by atoms with Gasteiger partial charge in [-0.3, -0.25) is 4.79 Å². The molecule has 0 spiro atoms. The van der Waals surface area contributed by atoms with E-state index in [2.05, 4.69) is 41.9 Å². The van der Waals surface area contributed by atoms with Gasteiger partial charge >= 0.3 is 0 Å². The Kier molecular flexibility index (Phi) is 8.67. The molecule has 6 nitrogen and oxygen atoms in total. The molecule has 0 aliphatic rings. The molecule has 0 saturated heterocycles. The summed E-state index contributed by atoms with van der Waals surface area (Å²) in [5.74, 6) is 0.913. The van der Waals surface area contributed by atoms with Crippen molar-refractivity contribution in [2.24, 2.45) is 5.10 Å². The van der Waals surface area contributed by atoms with E-state index in [9.17, 15) is 9.18 Å². The van der Waals surface area contributed by atoms with E-state index in [-0.39, 0.29) is 28.9 Å². The van der Waals surface area contributed by atoms with E-state index in [1.54, 1.807) is 30.3 Å². The third-order valence-corrected chi connectivity index (χ3v) is 7.35. The lowest BCUT2D eigenvalue weighted by atomic mass is 10.2. The summed E-state index contributed by atoms with van der Waals surface area (Å²) in [6.45, 7) is 6.30. The third-order valence-electron chi connectivity index (χ3n) is 5.41. The molecule has 0 amide bonds. The Hall–Kier alpha value is -2.75. The highest BCUT2D eigenvalue weighted by molar-refractivity contribution is 9.10. The molecule has 1 heterocycles. The second-order valence-corrected chi connectivity index (χ2v) is 10.5. The van der Waals surface area contributed by atoms with Crippen LogP contribution in [0.1, 0.15) is 43.6 Å². The molecule has 10 heteroatoms. The molecule has 192 valence electrons. The van der Waals surface area contributed by atoms with Crippen LogP contribution in [0, 0.1) is 5.82 Å². The molecule has 0 radical (unpaired) electrons. The molecule has 0 fully saturated rings. The summed E-state index contributed by atoms with van der Waals surface area (Å²) in [5.41, 5.74) is 1.68. The average Bonchev–Trinajstić information content (AvgIpc) is 2.87. The van der Waals surface area contributed by atoms with Gasteiger partial charge in [0.2, 0.25) is 0 Å². The van der Waals surface area contributed by atoms with Gasteiger partial charge in [0.15, 0.2) is 11.5 Å². The van der Waals surface area contributed by atoms with Gasteiger partial charge in [0, 0.05) is 20.4 Å². The maximum Gasteiger partial charge on any atom is 0.282 e. The minimum atomic E-state index is -0.322. The first-order valence-corrected chi connectivity index (χ1v) is 13.4. The molecule has 0 aliphatic heterocycles. The summed E-state index contributed by atoms with van der Waals surface area (Å²) in [5, 5.41) is 5.23. The molecular formula is C27H23Br2ClFN3O3. The summed E-state index contributed by atoms with van der Waals surface area (Å²) in [6.07, 6.45) is 1.53. The zero-order valence-corrected chi connectivity index (χ0v) is 24.2. The topological polar surface area (TPSA) is 65.7 Å². The van der Waals surface area contributed by atoms with Crippen LogP contribution in [-0.2, 0) is 6.61 Å². The normalized spacial score (nSPS) is 11.6. The second-order valence-electron chi connectivity index (χ2n) is 8.42. The quantitative estimate of drug-likeness (QED) is 0.183. The first-order valence-electron chi connectivity index (χ1n) is 11.5. The minimum Gasteiger partial charge on any atom is -0.490 e. The van der Waals surface area contributed by atoms with Crippen LogP contribution < -0.4 is 15.0 Å². The van der Waals surface area contributed by atoms with Crippen molar-refractivity contribution in [3.05, 3.63) is 95.6 Å². The van der Waals surface area contributed by atoms with E-state index in [4.69, 9.17) is 21.1 Å². The predicted molar refractivity (Wildman–Crippen MR) is 152 cm³/mol. The van der Waals surface area contributed by atoms with Gasteiger partial charge in [-0.1, -0.05) is 53.5 Å². The molecule has 3 aromatic carbocycles. The smallest absolute Gasteiger partial charge is 0.282 e. The Labute approximate surface area is 235 Å². The fraction of sp³-hybridized carbons (Fsp3) is 0.222. The molecule has 0 atom stereocenters. The summed E-state index contributed by atoms with van der Waals surface area (Å²) in [6, 6.07) is 13.1. The van der Waals surface area contributed by atoms with Crippen LogP contribution >= 0.6 is 43.5 Å². The first kappa shape index (κ1) is 27.3. The molecular weight excluding hydrogens is 629 g/mol. The van der Waals surface area contributed by atoms with Gasteiger partial charge in [0.25, 0.3) is 5.56 Å². The summed E-state index contributed by atoms with van der Waals surface area (Å²) < 4.78 is 27.6. The Morgan fingerprint density at radius 1 is 1.14 bits per heavy atom. The van der Waals surface area contributed by atoms with Crippen molar-refractivity contribution in [2.45, 2.75) is 33.3 Å². The fourth-order valence-corrected chi connectivity index (χ4v) is 4.62. The number of aromatic nitrogens is 2. The van der Waals surface area contributed by atoms with E-state index in [1.807, 2.05) is 26.8 Å². The minimum absolute atomic E-state index is 0.0499. The Morgan fingerprint density at radius 2 is 1.86 bits per heavy atom. The van der Waals surface area contributed by atoms with Crippen LogP contribution in [0.4, 0.5) is 4.39 Å². The first-order chi connectivity index (χ1) is 17.7. The fourth-order valence-electron chi connectivity index (χ4n) is 3.60. The van der Waals surface area contributed by atoms with Gasteiger partial charge in [-0.15, -0.1) is 0 Å². The Bertz CT molecular complexity index is 1540. The van der Waals surface area contributed by atoms with Gasteiger partial charge in [-0.05, 0) is 64.8 Å². The van der Waals surface area contributed by atoms with Crippen molar-refractivity contribution >= 4 is 60.6 Å². The van der Waals surface area contributed by atoms with E-state index < -0.39 is 0 Å². The van der Waals surface area contributed by atoms with Crippen LogP contribution in [0.3, 0.4) is 0 Å². The lowest BCUT2D eigenvalue weighted by Gasteiger charge is -2.16. The molecule has 0 unspecified atom stereocenters. The number of hydrogen-bond donors (Lipinski definition) is 0. The van der Waals surface area contributed by atoms with Crippen molar-refractivity contribution in [1.29, 1.82) is 0 Å². The van der Waals surface area contributed by atoms with Gasteiger partial charge in [0.05, 0.1) is 23.7 Å². The zero-order valence-electron chi connectivity index (χ0n) is 20.3. The third kappa shape index (κ3) is 6.05. The molecule has 4 aromatic rings. The van der Waals surface area contributed by atoms with Crippen LogP contribution in [0.5, 0.6) is 11.5 Å². The summed E-state index contributed by atoms with van der Waals surface area (Å²) >= 11 is 13.6. The van der Waals surface area contributed by atoms with E-state index in [1.165, 1.54) is 23.0 Å². The second kappa shape index (κ2) is 11.8. The Balaban J connectivity index is 1.75. The van der Waals surface area contributed by atoms with E-state index in [0.717, 1.165) is 10.0 Å². The van der Waals surface area contributed by atoms with Crippen molar-refractivity contribution in [2.75, 3.05) is 6.61 Å². The van der Waals surface area contributed by atoms with E-state index in [0.29, 0.717) is 44.9 Å². The standard InChI is InChI=1S/C27H23Br2ClFN3O3/c1-4-36-22-11-17(23(29)24(30)25(22)37-14-16-5-8-19(31)9-6-16)13-32-34-26(15(2)3)33-21-10-7-18(28)12-20(21)27(34)35/h5-13,15H,4,14H2,1-3H3. The molecule has 4 rings (SSSR count). The SMILES string of the molecule is CCOc1cc(C=Nn2c(C(C)C)nc3ccc(Br)cc3c2=O)c(Br)c(Cl)c1OCc1ccc(F)cc1. The van der Waals surface area contributed by atoms with Crippen LogP contribution in [0.2, 0.25) is 5.02 Å². The van der Waals surface area contributed by atoms with E-state index >= 15 is 0 Å².